The standard InChI is InChI=1S/C38H41N3O5/c1-44-27-10-12-29-33(21-27)46-16-15-41-31-18-24(9-11-28(31)35(36(29)41)23-7-4-3-5-8-23)37(43)40-38(13-6-14-38)34-20-25-19-32(45-2)26(22-42)17-30(25)39-34/h9-12,17-19,21,23,42H,3-8,13-16,20,22H2,1-2H3,(H,40,43). The number of aliphatic hydroxyl groups is 1. The summed E-state index contributed by atoms with van der Waals surface area (Å²) in [5.41, 5.74) is 8.62. The van der Waals surface area contributed by atoms with E-state index in [-0.39, 0.29) is 12.5 Å². The lowest BCUT2D eigenvalue weighted by molar-refractivity contribution is 0.0888. The maximum atomic E-state index is 14.1. The van der Waals surface area contributed by atoms with Crippen LogP contribution in [-0.4, -0.2) is 47.7 Å². The zero-order valence-electron chi connectivity index (χ0n) is 26.7. The smallest absolute Gasteiger partial charge is 0.252 e. The van der Waals surface area contributed by atoms with Gasteiger partial charge in [0, 0.05) is 45.8 Å². The van der Waals surface area contributed by atoms with Gasteiger partial charge >= 0.3 is 0 Å². The fourth-order valence-corrected chi connectivity index (χ4v) is 8.20. The van der Waals surface area contributed by atoms with Gasteiger partial charge in [0.25, 0.3) is 5.91 Å². The molecular weight excluding hydrogens is 578 g/mol. The van der Waals surface area contributed by atoms with Crippen LogP contribution in [0.1, 0.15) is 84.3 Å². The lowest BCUT2D eigenvalue weighted by Gasteiger charge is -2.42. The number of nitrogens with zero attached hydrogens (tertiary/aromatic N) is 2. The first-order chi connectivity index (χ1) is 22.5. The predicted molar refractivity (Wildman–Crippen MR) is 179 cm³/mol. The van der Waals surface area contributed by atoms with Crippen molar-refractivity contribution in [1.82, 2.24) is 9.88 Å². The zero-order chi connectivity index (χ0) is 31.4. The quantitative estimate of drug-likeness (QED) is 0.228. The van der Waals surface area contributed by atoms with Gasteiger partial charge in [-0.1, -0.05) is 25.3 Å². The van der Waals surface area contributed by atoms with E-state index in [1.165, 1.54) is 48.7 Å². The molecule has 238 valence electrons. The van der Waals surface area contributed by atoms with Crippen LogP contribution < -0.4 is 19.5 Å². The van der Waals surface area contributed by atoms with Gasteiger partial charge in [0.1, 0.15) is 23.9 Å². The van der Waals surface area contributed by atoms with Crippen molar-refractivity contribution < 1.29 is 24.1 Å². The number of aliphatic hydroxyl groups excluding tert-OH is 1. The molecule has 0 spiro atoms. The highest BCUT2D eigenvalue weighted by Gasteiger charge is 2.45. The van der Waals surface area contributed by atoms with E-state index in [4.69, 9.17) is 19.2 Å². The van der Waals surface area contributed by atoms with Gasteiger partial charge in [-0.25, -0.2) is 0 Å². The Balaban J connectivity index is 1.16. The van der Waals surface area contributed by atoms with E-state index in [0.29, 0.717) is 36.8 Å². The molecular formula is C38H41N3O5. The Morgan fingerprint density at radius 3 is 2.63 bits per heavy atom. The number of aliphatic imine (C=N–C) groups is 1. The topological polar surface area (TPSA) is 94.3 Å². The fourth-order valence-electron chi connectivity index (χ4n) is 8.20. The maximum absolute atomic E-state index is 14.1. The minimum atomic E-state index is -0.465. The van der Waals surface area contributed by atoms with E-state index >= 15 is 0 Å². The molecule has 2 fully saturated rings. The predicted octanol–water partition coefficient (Wildman–Crippen LogP) is 7.24. The molecule has 1 amide bonds. The number of hydrogen-bond donors (Lipinski definition) is 2. The molecule has 0 saturated heterocycles. The highest BCUT2D eigenvalue weighted by molar-refractivity contribution is 6.07. The number of carbonyl (C=O) groups excluding carboxylic acids is 1. The molecule has 8 rings (SSSR count). The molecule has 0 unspecified atom stereocenters. The lowest BCUT2D eigenvalue weighted by Crippen LogP contribution is -2.59. The summed E-state index contributed by atoms with van der Waals surface area (Å²) in [5.74, 6) is 2.71. The fraction of sp³-hybridized carbons (Fsp3) is 0.421. The number of aromatic nitrogens is 1. The number of hydrogen-bond acceptors (Lipinski definition) is 6. The number of fused-ring (bicyclic) bond motifs is 6. The molecule has 4 aromatic rings. The highest BCUT2D eigenvalue weighted by atomic mass is 16.5. The molecule has 0 radical (unpaired) electrons. The van der Waals surface area contributed by atoms with Gasteiger partial charge in [0.05, 0.1) is 44.3 Å². The second-order valence-corrected chi connectivity index (χ2v) is 13.3. The highest BCUT2D eigenvalue weighted by Crippen LogP contribution is 2.48. The SMILES string of the molecule is COc1ccc2c(c1)OCCn1c-2c(C2CCCCC2)c2ccc(C(=O)NC3(C4=Nc5cc(CO)c(OC)cc5C4)CCC3)cc21. The number of carbonyl (C=O) groups is 1. The number of ether oxygens (including phenoxy) is 3. The van der Waals surface area contributed by atoms with E-state index in [2.05, 4.69) is 28.1 Å². The van der Waals surface area contributed by atoms with Crippen molar-refractivity contribution in [3.05, 3.63) is 70.8 Å². The van der Waals surface area contributed by atoms with Gasteiger partial charge in [-0.2, -0.15) is 0 Å². The molecule has 2 saturated carbocycles. The molecule has 8 nitrogen and oxygen atoms in total. The molecule has 3 heterocycles. The van der Waals surface area contributed by atoms with Crippen LogP contribution in [0.4, 0.5) is 5.69 Å². The molecule has 3 aromatic carbocycles. The molecule has 8 heteroatoms. The number of rotatable bonds is 7. The van der Waals surface area contributed by atoms with Crippen molar-refractivity contribution in [1.29, 1.82) is 0 Å². The third-order valence-electron chi connectivity index (χ3n) is 10.8. The second-order valence-electron chi connectivity index (χ2n) is 13.3. The molecule has 0 atom stereocenters. The molecule has 4 aliphatic rings. The zero-order valence-corrected chi connectivity index (χ0v) is 26.7. The number of methoxy groups -OCH3 is 2. The van der Waals surface area contributed by atoms with Crippen LogP contribution >= 0.6 is 0 Å². The third-order valence-corrected chi connectivity index (χ3v) is 10.8. The van der Waals surface area contributed by atoms with Gasteiger partial charge in [-0.3, -0.25) is 9.79 Å². The summed E-state index contributed by atoms with van der Waals surface area (Å²) >= 11 is 0. The Kier molecular flexibility index (Phi) is 7.28. The summed E-state index contributed by atoms with van der Waals surface area (Å²) in [4.78, 5) is 19.1. The third kappa shape index (κ3) is 4.68. The van der Waals surface area contributed by atoms with Gasteiger partial charge < -0.3 is 29.2 Å². The van der Waals surface area contributed by atoms with E-state index in [9.17, 15) is 9.90 Å². The first-order valence-corrected chi connectivity index (χ1v) is 16.7. The molecule has 1 aromatic heterocycles. The van der Waals surface area contributed by atoms with Crippen LogP contribution in [0.15, 0.2) is 53.5 Å². The van der Waals surface area contributed by atoms with Gasteiger partial charge in [0.2, 0.25) is 0 Å². The van der Waals surface area contributed by atoms with E-state index in [1.54, 1.807) is 14.2 Å². The Morgan fingerprint density at radius 1 is 1.04 bits per heavy atom. The Labute approximate surface area is 269 Å². The monoisotopic (exact) mass is 619 g/mol. The Morgan fingerprint density at radius 2 is 1.89 bits per heavy atom. The normalized spacial score (nSPS) is 18.4. The molecule has 0 bridgehead atoms. The maximum Gasteiger partial charge on any atom is 0.252 e. The summed E-state index contributed by atoms with van der Waals surface area (Å²) in [5, 5.41) is 14.5. The van der Waals surface area contributed by atoms with Crippen molar-refractivity contribution in [2.45, 2.75) is 82.4 Å². The Hall–Kier alpha value is -4.30. The number of benzene rings is 3. The van der Waals surface area contributed by atoms with Crippen molar-refractivity contribution >= 4 is 28.2 Å². The minimum Gasteiger partial charge on any atom is -0.497 e. The van der Waals surface area contributed by atoms with Crippen LogP contribution in [-0.2, 0) is 19.6 Å². The van der Waals surface area contributed by atoms with Gasteiger partial charge in [-0.05, 0) is 85.5 Å². The average molecular weight is 620 g/mol. The van der Waals surface area contributed by atoms with Crippen molar-refractivity contribution in [2.24, 2.45) is 4.99 Å². The number of amides is 1. The summed E-state index contributed by atoms with van der Waals surface area (Å²) in [6.45, 7) is 1.14. The summed E-state index contributed by atoms with van der Waals surface area (Å²) in [7, 11) is 3.30. The van der Waals surface area contributed by atoms with E-state index in [1.807, 2.05) is 30.3 Å². The van der Waals surface area contributed by atoms with E-state index < -0.39 is 5.54 Å². The molecule has 46 heavy (non-hydrogen) atoms. The van der Waals surface area contributed by atoms with Crippen LogP contribution in [0.25, 0.3) is 22.2 Å². The lowest BCUT2D eigenvalue weighted by atomic mass is 9.72. The van der Waals surface area contributed by atoms with Crippen LogP contribution in [0.2, 0.25) is 0 Å². The Bertz CT molecular complexity index is 1880. The van der Waals surface area contributed by atoms with Gasteiger partial charge in [-0.15, -0.1) is 0 Å². The van der Waals surface area contributed by atoms with Crippen LogP contribution in [0.5, 0.6) is 17.2 Å². The largest absolute Gasteiger partial charge is 0.497 e. The number of nitrogens with one attached hydrogen (secondary N) is 1. The molecule has 2 aliphatic heterocycles. The minimum absolute atomic E-state index is 0.0707. The van der Waals surface area contributed by atoms with Crippen LogP contribution in [0, 0.1) is 0 Å². The van der Waals surface area contributed by atoms with Crippen molar-refractivity contribution in [3.63, 3.8) is 0 Å². The first kappa shape index (κ1) is 29.1. The summed E-state index contributed by atoms with van der Waals surface area (Å²) in [6, 6.07) is 16.3. The second kappa shape index (κ2) is 11.5. The van der Waals surface area contributed by atoms with Crippen LogP contribution in [0.3, 0.4) is 0 Å². The first-order valence-electron chi connectivity index (χ1n) is 16.7. The van der Waals surface area contributed by atoms with Crippen molar-refractivity contribution in [3.8, 4) is 28.5 Å². The summed E-state index contributed by atoms with van der Waals surface area (Å²) in [6.07, 6.45) is 9.57. The molecule has 2 N–H and O–H groups in total. The van der Waals surface area contributed by atoms with E-state index in [0.717, 1.165) is 64.4 Å². The average Bonchev–Trinajstić information content (AvgIpc) is 3.58. The van der Waals surface area contributed by atoms with Gasteiger partial charge in [0.15, 0.2) is 0 Å². The molecule has 2 aliphatic carbocycles. The van der Waals surface area contributed by atoms with Crippen molar-refractivity contribution in [2.75, 3.05) is 20.8 Å². The summed E-state index contributed by atoms with van der Waals surface area (Å²) < 4.78 is 19.7.